The lowest BCUT2D eigenvalue weighted by Crippen LogP contribution is -2.46. The number of phenols is 2. The van der Waals surface area contributed by atoms with Crippen molar-refractivity contribution < 1.29 is 63.3 Å². The van der Waals surface area contributed by atoms with Crippen LogP contribution in [-0.4, -0.2) is 93.5 Å². The van der Waals surface area contributed by atoms with E-state index in [9.17, 15) is 39.6 Å². The minimum atomic E-state index is -2.03. The lowest BCUT2D eigenvalue weighted by atomic mass is 9.78. The standard InChI is InChI=1S/C43H58N2O13/c1-20-14-13-15-21(2)41(53)44-27-18-29(55-19-30(47)45-42(8,9)10)31-32(37(27)51)36(50)25(6)39-33(31)40(52)43(11,58-39)56-17-16-28(54-12)22(3)38(57-26(7)46)24(5)35(49)23(4)34(20)48/h13-18,20,22-24,28,34-35,38,48-51H,19H2,1-12H3,(H,44,53)(H,45,47)/b14-13+,17-16+,21-15?. The monoisotopic (exact) mass is 810 g/mol. The van der Waals surface area contributed by atoms with Gasteiger partial charge in [-0.05, 0) is 40.7 Å². The summed E-state index contributed by atoms with van der Waals surface area (Å²) in [5.41, 5.74) is -0.653. The molecule has 2 aromatic rings. The van der Waals surface area contributed by atoms with Crippen LogP contribution >= 0.6 is 0 Å². The zero-order valence-corrected chi connectivity index (χ0v) is 35.3. The van der Waals surface area contributed by atoms with Gasteiger partial charge in [0, 0.05) is 72.8 Å². The van der Waals surface area contributed by atoms with E-state index in [1.165, 1.54) is 59.3 Å². The maximum Gasteiger partial charge on any atom is 0.312 e. The Morgan fingerprint density at radius 2 is 1.62 bits per heavy atom. The van der Waals surface area contributed by atoms with Crippen LogP contribution in [-0.2, 0) is 28.6 Å². The van der Waals surface area contributed by atoms with Crippen LogP contribution in [0.1, 0.15) is 85.2 Å². The molecule has 2 amide bonds. The summed E-state index contributed by atoms with van der Waals surface area (Å²) in [6.45, 7) is 17.3. The van der Waals surface area contributed by atoms with Crippen LogP contribution in [0.3, 0.4) is 0 Å². The molecule has 6 N–H and O–H groups in total. The molecule has 9 unspecified atom stereocenters. The second-order valence-electron chi connectivity index (χ2n) is 16.5. The Hall–Kier alpha value is -5.12. The Morgan fingerprint density at radius 1 is 0.966 bits per heavy atom. The molecule has 15 heteroatoms. The molecule has 0 radical (unpaired) electrons. The number of aliphatic hydroxyl groups excluding tert-OH is 2. The van der Waals surface area contributed by atoms with Gasteiger partial charge in [0.1, 0.15) is 23.4 Å². The molecule has 58 heavy (non-hydrogen) atoms. The average Bonchev–Trinajstić information content (AvgIpc) is 3.41. The van der Waals surface area contributed by atoms with E-state index in [4.69, 9.17) is 23.7 Å². The van der Waals surface area contributed by atoms with Gasteiger partial charge in [-0.3, -0.25) is 19.2 Å². The number of benzene rings is 2. The summed E-state index contributed by atoms with van der Waals surface area (Å²) in [6, 6.07) is 1.25. The first-order valence-corrected chi connectivity index (χ1v) is 19.2. The number of allylic oxidation sites excluding steroid dienone is 2. The predicted molar refractivity (Wildman–Crippen MR) is 216 cm³/mol. The maximum absolute atomic E-state index is 14.4. The number of amides is 2. The van der Waals surface area contributed by atoms with Crippen molar-refractivity contribution in [1.82, 2.24) is 5.32 Å². The molecule has 3 heterocycles. The first kappa shape index (κ1) is 45.6. The number of hydrogen-bond donors (Lipinski definition) is 6. The fourth-order valence-electron chi connectivity index (χ4n) is 7.35. The summed E-state index contributed by atoms with van der Waals surface area (Å²) in [6.07, 6.45) is 3.56. The molecule has 5 rings (SSSR count). The molecule has 0 saturated carbocycles. The van der Waals surface area contributed by atoms with Gasteiger partial charge < -0.3 is 54.7 Å². The fourth-order valence-corrected chi connectivity index (χ4v) is 7.35. The van der Waals surface area contributed by atoms with Crippen LogP contribution in [0.15, 0.2) is 42.2 Å². The molecule has 0 fully saturated rings. The molecule has 0 aliphatic carbocycles. The Balaban J connectivity index is 1.93. The van der Waals surface area contributed by atoms with Gasteiger partial charge in [0.05, 0.1) is 41.2 Å². The topological polar surface area (TPSA) is 219 Å². The number of esters is 1. The van der Waals surface area contributed by atoms with E-state index in [1.807, 2.05) is 0 Å². The van der Waals surface area contributed by atoms with Crippen LogP contribution in [0.25, 0.3) is 10.8 Å². The number of methoxy groups -OCH3 is 1. The van der Waals surface area contributed by atoms with Gasteiger partial charge in [0.2, 0.25) is 0 Å². The highest BCUT2D eigenvalue weighted by molar-refractivity contribution is 6.21. The summed E-state index contributed by atoms with van der Waals surface area (Å²) >= 11 is 0. The van der Waals surface area contributed by atoms with Gasteiger partial charge in [-0.2, -0.15) is 0 Å². The van der Waals surface area contributed by atoms with Crippen molar-refractivity contribution in [3.8, 4) is 23.0 Å². The van der Waals surface area contributed by atoms with Crippen molar-refractivity contribution in [3.63, 3.8) is 0 Å². The molecule has 318 valence electrons. The van der Waals surface area contributed by atoms with Crippen molar-refractivity contribution in [3.05, 3.63) is 53.3 Å². The number of fused-ring (bicyclic) bond motifs is 14. The first-order chi connectivity index (χ1) is 26.9. The van der Waals surface area contributed by atoms with Gasteiger partial charge >= 0.3 is 11.8 Å². The van der Waals surface area contributed by atoms with Gasteiger partial charge in [-0.1, -0.05) is 45.9 Å². The lowest BCUT2D eigenvalue weighted by Gasteiger charge is -2.38. The number of ketones is 1. The largest absolute Gasteiger partial charge is 0.507 e. The van der Waals surface area contributed by atoms with Crippen molar-refractivity contribution in [1.29, 1.82) is 0 Å². The van der Waals surface area contributed by atoms with Crippen LogP contribution in [0.2, 0.25) is 0 Å². The van der Waals surface area contributed by atoms with E-state index >= 15 is 0 Å². The Labute approximate surface area is 339 Å². The quantitative estimate of drug-likeness (QED) is 0.166. The average molecular weight is 811 g/mol. The third-order valence-corrected chi connectivity index (χ3v) is 10.7. The molecule has 2 aromatic carbocycles. The predicted octanol–water partition coefficient (Wildman–Crippen LogP) is 5.34. The zero-order valence-electron chi connectivity index (χ0n) is 35.3. The van der Waals surface area contributed by atoms with E-state index < -0.39 is 101 Å². The van der Waals surface area contributed by atoms with E-state index in [-0.39, 0.29) is 44.7 Å². The van der Waals surface area contributed by atoms with Gasteiger partial charge in [0.25, 0.3) is 17.6 Å². The normalized spacial score (nSPS) is 29.5. The number of Topliss-reactive ketones (excluding diaryl/α,β-unsaturated/α-hetero) is 1. The van der Waals surface area contributed by atoms with Gasteiger partial charge in [0.15, 0.2) is 12.4 Å². The van der Waals surface area contributed by atoms with Crippen LogP contribution < -0.4 is 20.1 Å². The number of carbonyl (C=O) groups excluding carboxylic acids is 4. The van der Waals surface area contributed by atoms with Crippen LogP contribution in [0, 0.1) is 30.6 Å². The van der Waals surface area contributed by atoms with E-state index in [0.29, 0.717) is 0 Å². The molecular weight excluding hydrogens is 752 g/mol. The number of nitrogens with one attached hydrogen (secondary N) is 2. The summed E-state index contributed by atoms with van der Waals surface area (Å²) < 4.78 is 29.6. The molecule has 5 bridgehead atoms. The third kappa shape index (κ3) is 9.59. The number of phenolic OH excluding ortho intramolecular Hbond substituents is 2. The Bertz CT molecular complexity index is 2010. The summed E-state index contributed by atoms with van der Waals surface area (Å²) in [5.74, 6) is -8.24. The SMILES string of the molecule is COC1/C=C/OC2(C)Oc3c(C)c(O)c4c(O)c(cc(OCC(=O)NC(C)(C)C)c4c3C2=O)NC(=O)C(C)=C/C=C/C(C)C(O)C(C)C(O)C(C)C(OC(C)=O)C1C. The highest BCUT2D eigenvalue weighted by Gasteiger charge is 2.49. The Kier molecular flexibility index (Phi) is 14.0. The van der Waals surface area contributed by atoms with Crippen LogP contribution in [0.4, 0.5) is 5.69 Å². The summed E-state index contributed by atoms with van der Waals surface area (Å²) in [5, 5.41) is 51.1. The highest BCUT2D eigenvalue weighted by Crippen LogP contribution is 2.54. The number of anilines is 1. The number of ether oxygens (including phenoxy) is 5. The minimum Gasteiger partial charge on any atom is -0.507 e. The molecule has 15 nitrogen and oxygen atoms in total. The van der Waals surface area contributed by atoms with E-state index in [0.717, 1.165) is 0 Å². The smallest absolute Gasteiger partial charge is 0.312 e. The summed E-state index contributed by atoms with van der Waals surface area (Å²) in [4.78, 5) is 53.2. The molecule has 3 aliphatic heterocycles. The number of aliphatic hydroxyl groups is 2. The second-order valence-corrected chi connectivity index (χ2v) is 16.5. The van der Waals surface area contributed by atoms with Gasteiger partial charge in [-0.15, -0.1) is 0 Å². The molecular formula is C43H58N2O13. The highest BCUT2D eigenvalue weighted by atomic mass is 16.7. The van der Waals surface area contributed by atoms with Crippen molar-refractivity contribution in [2.45, 2.75) is 112 Å². The van der Waals surface area contributed by atoms with E-state index in [1.54, 1.807) is 60.6 Å². The van der Waals surface area contributed by atoms with Crippen LogP contribution in [0.5, 0.6) is 23.0 Å². The minimum absolute atomic E-state index is 0.0675. The fraction of sp³-hybridized carbons (Fsp3) is 0.535. The van der Waals surface area contributed by atoms with Crippen molar-refractivity contribution in [2.75, 3.05) is 19.0 Å². The molecule has 0 spiro atoms. The second kappa shape index (κ2) is 17.8. The Morgan fingerprint density at radius 3 is 2.22 bits per heavy atom. The van der Waals surface area contributed by atoms with Gasteiger partial charge in [-0.25, -0.2) is 0 Å². The van der Waals surface area contributed by atoms with Crippen molar-refractivity contribution >= 4 is 40.0 Å². The lowest BCUT2D eigenvalue weighted by molar-refractivity contribution is -0.160. The molecule has 0 saturated heterocycles. The van der Waals surface area contributed by atoms with E-state index in [2.05, 4.69) is 10.6 Å². The molecule has 0 aromatic heterocycles. The summed E-state index contributed by atoms with van der Waals surface area (Å²) in [7, 11) is 1.43. The maximum atomic E-state index is 14.4. The number of rotatable bonds is 5. The third-order valence-electron chi connectivity index (χ3n) is 10.7. The number of carbonyl (C=O) groups is 4. The first-order valence-electron chi connectivity index (χ1n) is 19.2. The molecule has 9 atom stereocenters. The zero-order chi connectivity index (χ0) is 43.6. The number of hydrogen-bond acceptors (Lipinski definition) is 13. The van der Waals surface area contributed by atoms with Crippen molar-refractivity contribution in [2.24, 2.45) is 23.7 Å². The molecule has 3 aliphatic rings. The number of aromatic hydroxyl groups is 2.